The second-order valence-electron chi connectivity index (χ2n) is 16.7. The number of allylic oxidation sites excluding steroid dienone is 3. The van der Waals surface area contributed by atoms with Crippen molar-refractivity contribution in [2.24, 2.45) is 5.73 Å². The molecule has 2 aliphatic carbocycles. The van der Waals surface area contributed by atoms with Gasteiger partial charge in [0.15, 0.2) is 0 Å². The zero-order chi connectivity index (χ0) is 36.1. The van der Waals surface area contributed by atoms with Gasteiger partial charge in [0.05, 0.1) is 37.3 Å². The van der Waals surface area contributed by atoms with Gasteiger partial charge in [0.1, 0.15) is 0 Å². The van der Waals surface area contributed by atoms with Crippen LogP contribution in [0.2, 0.25) is 15.1 Å². The molecule has 1 amide bonds. The Hall–Kier alpha value is -2.83. The molecule has 3 aromatic rings. The van der Waals surface area contributed by atoms with E-state index in [0.717, 1.165) is 61.9 Å². The Bertz CT molecular complexity index is 2140. The maximum absolute atomic E-state index is 12.1. The summed E-state index contributed by atoms with van der Waals surface area (Å²) in [7, 11) is 0. The van der Waals surface area contributed by atoms with Crippen molar-refractivity contribution in [3.8, 4) is 0 Å². The molecule has 0 aromatic heterocycles. The second kappa shape index (κ2) is 11.1. The third-order valence-electron chi connectivity index (χ3n) is 12.7. The summed E-state index contributed by atoms with van der Waals surface area (Å²) in [6.07, 6.45) is 10.7. The van der Waals surface area contributed by atoms with Gasteiger partial charge in [-0.2, -0.15) is 0 Å². The smallest absolute Gasteiger partial charge is 0.227 e. The number of anilines is 2. The van der Waals surface area contributed by atoms with Crippen LogP contribution in [-0.4, -0.2) is 35.8 Å². The third kappa shape index (κ3) is 4.44. The molecule has 4 nitrogen and oxygen atoms in total. The van der Waals surface area contributed by atoms with Gasteiger partial charge in [-0.25, -0.2) is 0 Å². The Morgan fingerprint density at radius 3 is 1.82 bits per heavy atom. The van der Waals surface area contributed by atoms with Crippen LogP contribution in [0.15, 0.2) is 35.8 Å². The molecule has 264 valence electrons. The van der Waals surface area contributed by atoms with Gasteiger partial charge in [-0.15, -0.1) is 11.8 Å². The lowest BCUT2D eigenvalue weighted by Gasteiger charge is -2.51. The van der Waals surface area contributed by atoms with Crippen LogP contribution in [-0.2, 0) is 29.5 Å². The lowest BCUT2D eigenvalue weighted by atomic mass is 9.59. The van der Waals surface area contributed by atoms with Gasteiger partial charge in [-0.05, 0) is 148 Å². The largest absolute Gasteiger partial charge is 0.369 e. The van der Waals surface area contributed by atoms with Crippen LogP contribution >= 0.6 is 46.6 Å². The first-order chi connectivity index (χ1) is 24.1. The molecule has 0 saturated heterocycles. The first-order valence-corrected chi connectivity index (χ1v) is 20.3. The molecule has 2 N–H and O–H groups in total. The lowest BCUT2D eigenvalue weighted by molar-refractivity contribution is -0.115. The quantitative estimate of drug-likeness (QED) is 0.214. The summed E-state index contributed by atoms with van der Waals surface area (Å²) >= 11 is 23.3. The number of halogens is 3. The summed E-state index contributed by atoms with van der Waals surface area (Å²) < 4.78 is 0. The van der Waals surface area contributed by atoms with Crippen LogP contribution in [0.4, 0.5) is 11.4 Å². The van der Waals surface area contributed by atoms with Crippen LogP contribution in [0.3, 0.4) is 0 Å². The molecule has 4 aliphatic heterocycles. The molecule has 4 heterocycles. The number of carbonyl (C=O) groups excluding carboxylic acids is 1. The van der Waals surface area contributed by atoms with Crippen molar-refractivity contribution in [2.75, 3.05) is 28.6 Å². The average molecular weight is 757 g/mol. The number of carbonyl (C=O) groups is 1. The molecule has 0 radical (unpaired) electrons. The molecule has 3 aromatic carbocycles. The highest BCUT2D eigenvalue weighted by Crippen LogP contribution is 2.65. The number of primary amides is 1. The summed E-state index contributed by atoms with van der Waals surface area (Å²) in [5, 5.41) is 1.35. The van der Waals surface area contributed by atoms with Crippen LogP contribution in [0.5, 0.6) is 0 Å². The molecule has 0 atom stereocenters. The van der Waals surface area contributed by atoms with Crippen molar-refractivity contribution in [1.82, 2.24) is 0 Å². The summed E-state index contributed by atoms with van der Waals surface area (Å²) in [6.45, 7) is 20.7. The van der Waals surface area contributed by atoms with Crippen molar-refractivity contribution in [1.29, 1.82) is 0 Å². The predicted molar refractivity (Wildman–Crippen MR) is 217 cm³/mol. The number of amides is 1. The zero-order valence-corrected chi connectivity index (χ0v) is 33.4. The molecule has 0 bridgehead atoms. The molecule has 0 saturated carbocycles. The fourth-order valence-electron chi connectivity index (χ4n) is 11.0. The molecule has 0 fully saturated rings. The van der Waals surface area contributed by atoms with Gasteiger partial charge in [-0.1, -0.05) is 53.5 Å². The highest BCUT2D eigenvalue weighted by Gasteiger charge is 2.54. The topological polar surface area (TPSA) is 49.6 Å². The first-order valence-electron chi connectivity index (χ1n) is 18.2. The van der Waals surface area contributed by atoms with Gasteiger partial charge in [-0.3, -0.25) is 4.79 Å². The number of thioether (sulfide) groups is 1. The highest BCUT2D eigenvalue weighted by molar-refractivity contribution is 8.00. The molecule has 9 rings (SSSR count). The molecule has 51 heavy (non-hydrogen) atoms. The van der Waals surface area contributed by atoms with Crippen molar-refractivity contribution >= 4 is 80.6 Å². The van der Waals surface area contributed by atoms with Gasteiger partial charge >= 0.3 is 0 Å². The maximum atomic E-state index is 12.1. The average Bonchev–Trinajstić information content (AvgIpc) is 3.37. The van der Waals surface area contributed by atoms with Gasteiger partial charge in [0.25, 0.3) is 0 Å². The number of hydrogen-bond donors (Lipinski definition) is 1. The van der Waals surface area contributed by atoms with Crippen LogP contribution in [0.1, 0.15) is 116 Å². The summed E-state index contributed by atoms with van der Waals surface area (Å²) in [5.41, 5.74) is 24.1. The van der Waals surface area contributed by atoms with E-state index in [0.29, 0.717) is 26.4 Å². The van der Waals surface area contributed by atoms with Crippen molar-refractivity contribution in [2.45, 2.75) is 101 Å². The van der Waals surface area contributed by atoms with E-state index in [9.17, 15) is 4.79 Å². The minimum absolute atomic E-state index is 0.0518. The number of hydrogen-bond acceptors (Lipinski definition) is 4. The molecule has 0 unspecified atom stereocenters. The summed E-state index contributed by atoms with van der Waals surface area (Å²) in [5.74, 6) is -0.381. The van der Waals surface area contributed by atoms with E-state index < -0.39 is 11.3 Å². The summed E-state index contributed by atoms with van der Waals surface area (Å²) in [4.78, 5) is 18.0. The fraction of sp³-hybridized carbons (Fsp3) is 0.419. The number of rotatable bonds is 3. The van der Waals surface area contributed by atoms with E-state index >= 15 is 0 Å². The van der Waals surface area contributed by atoms with E-state index in [-0.39, 0.29) is 16.8 Å². The van der Waals surface area contributed by atoms with E-state index in [2.05, 4.69) is 75.6 Å². The van der Waals surface area contributed by atoms with E-state index in [1.54, 1.807) is 0 Å². The first kappa shape index (κ1) is 34.0. The number of fused-ring (bicyclic) bond motifs is 8. The SMILES string of the molecule is C=C1CC2(c3cc4c5c(c3Cc3c2cc2c6c3CCCN6C(C)(C)C=C2C)CCCN5C(C)(C)C=C4C)c2c(Cl)c(SCC(N)=O)c(Cl)c(Cl)c21. The Morgan fingerprint density at radius 1 is 0.824 bits per heavy atom. The fourth-order valence-corrected chi connectivity index (χ4v) is 13.0. The number of benzene rings is 3. The van der Waals surface area contributed by atoms with Crippen molar-refractivity contribution in [3.05, 3.63) is 102 Å². The second-order valence-corrected chi connectivity index (χ2v) is 18.8. The van der Waals surface area contributed by atoms with E-state index in [1.807, 2.05) is 0 Å². The standard InChI is InChI=1S/C43H44Cl3N3OS/c1-21-17-41(4,5)48-12-8-10-24-28-14-29-25-11-9-13-49-39(25)27(22(2)18-42(49,6)7)16-31(29)43(30(28)15-26(21)38(24)48)19-23(3)33-34(43)36(45)40(37(46)35(33)44)51-20-32(47)50/h15-18H,3,8-14,19-20H2,1-2,4-7H3,(H2,47,50). The Balaban J connectivity index is 1.44. The molecule has 1 spiro atoms. The predicted octanol–water partition coefficient (Wildman–Crippen LogP) is 10.8. The third-order valence-corrected chi connectivity index (χ3v) is 15.3. The van der Waals surface area contributed by atoms with Gasteiger partial charge in [0.2, 0.25) is 5.91 Å². The maximum Gasteiger partial charge on any atom is 0.227 e. The minimum atomic E-state index is -0.648. The zero-order valence-electron chi connectivity index (χ0n) is 30.3. The normalized spacial score (nSPS) is 21.0. The van der Waals surface area contributed by atoms with E-state index in [1.165, 1.54) is 78.8 Å². The number of nitrogens with zero attached hydrogens (tertiary/aromatic N) is 2. The van der Waals surface area contributed by atoms with Gasteiger partial charge in [0, 0.05) is 46.1 Å². The Kier molecular flexibility index (Phi) is 7.39. The number of nitrogens with two attached hydrogens (primary N) is 1. The minimum Gasteiger partial charge on any atom is -0.369 e. The Morgan fingerprint density at radius 2 is 1.33 bits per heavy atom. The highest BCUT2D eigenvalue weighted by atomic mass is 35.5. The molecule has 8 heteroatoms. The van der Waals surface area contributed by atoms with Crippen molar-refractivity contribution in [3.63, 3.8) is 0 Å². The molecule has 6 aliphatic rings. The lowest BCUT2D eigenvalue weighted by Crippen LogP contribution is -2.49. The summed E-state index contributed by atoms with van der Waals surface area (Å²) in [6, 6.07) is 4.99. The van der Waals surface area contributed by atoms with Gasteiger partial charge < -0.3 is 15.5 Å². The van der Waals surface area contributed by atoms with Crippen LogP contribution in [0, 0.1) is 0 Å². The van der Waals surface area contributed by atoms with E-state index in [4.69, 9.17) is 47.1 Å². The van der Waals surface area contributed by atoms with Crippen LogP contribution in [0.25, 0.3) is 16.7 Å². The molecular formula is C43H44Cl3N3OS. The molecular weight excluding hydrogens is 713 g/mol. The monoisotopic (exact) mass is 755 g/mol. The van der Waals surface area contributed by atoms with Crippen LogP contribution < -0.4 is 15.5 Å². The van der Waals surface area contributed by atoms with Crippen molar-refractivity contribution < 1.29 is 4.79 Å². The Labute approximate surface area is 321 Å².